The van der Waals surface area contributed by atoms with Gasteiger partial charge in [0.1, 0.15) is 33.5 Å². The van der Waals surface area contributed by atoms with Gasteiger partial charge in [0.15, 0.2) is 0 Å². The fourth-order valence-corrected chi connectivity index (χ4v) is 9.76. The third-order valence-corrected chi connectivity index (χ3v) is 12.7. The molecule has 0 aliphatic heterocycles. The van der Waals surface area contributed by atoms with E-state index in [9.17, 15) is 0 Å². The summed E-state index contributed by atoms with van der Waals surface area (Å²) in [5.74, 6) is 0. The Morgan fingerprint density at radius 3 is 1.52 bits per heavy atom. The largest absolute Gasteiger partial charge is 0.456 e. The summed E-state index contributed by atoms with van der Waals surface area (Å²) < 4.78 is 20.6. The van der Waals surface area contributed by atoms with E-state index in [1.807, 2.05) is 18.2 Å². The molecule has 0 radical (unpaired) electrons. The summed E-state index contributed by atoms with van der Waals surface area (Å²) in [6, 6.07) is 78.9. The molecule has 4 heteroatoms. The highest BCUT2D eigenvalue weighted by molar-refractivity contribution is 6.22. The maximum atomic E-state index is 7.08. The summed E-state index contributed by atoms with van der Waals surface area (Å²) in [6.07, 6.45) is 0. The molecule has 13 aromatic rings. The van der Waals surface area contributed by atoms with Crippen LogP contribution in [0.2, 0.25) is 0 Å². The molecule has 0 fully saturated rings. The predicted molar refractivity (Wildman–Crippen MR) is 265 cm³/mol. The first-order valence-corrected chi connectivity index (χ1v) is 21.7. The van der Waals surface area contributed by atoms with E-state index in [0.717, 1.165) is 127 Å². The smallest absolute Gasteiger partial charge is 0.145 e. The van der Waals surface area contributed by atoms with Gasteiger partial charge in [-0.1, -0.05) is 158 Å². The minimum Gasteiger partial charge on any atom is -0.456 e. The van der Waals surface area contributed by atoms with Crippen LogP contribution in [0.25, 0.3) is 110 Å². The highest BCUT2D eigenvalue weighted by Crippen LogP contribution is 2.51. The lowest BCUT2D eigenvalue weighted by Gasteiger charge is -2.27. The van der Waals surface area contributed by atoms with Crippen molar-refractivity contribution in [3.05, 3.63) is 224 Å². The lowest BCUT2D eigenvalue weighted by atomic mass is 9.94. The zero-order valence-corrected chi connectivity index (χ0v) is 34.5. The van der Waals surface area contributed by atoms with Crippen LogP contribution in [-0.2, 0) is 0 Å². The molecule has 300 valence electrons. The number of nitrogens with zero attached hydrogens (tertiary/aromatic N) is 1. The Balaban J connectivity index is 1.14. The molecule has 0 amide bonds. The second-order valence-electron chi connectivity index (χ2n) is 16.3. The molecule has 4 nitrogen and oxygen atoms in total. The van der Waals surface area contributed by atoms with E-state index in [0.29, 0.717) is 0 Å². The first-order valence-electron chi connectivity index (χ1n) is 21.7. The Kier molecular flexibility index (Phi) is 8.18. The number of para-hydroxylation sites is 1. The number of fused-ring (bicyclic) bond motifs is 9. The zero-order valence-electron chi connectivity index (χ0n) is 34.5. The minimum atomic E-state index is 0.818. The molecule has 0 spiro atoms. The second-order valence-corrected chi connectivity index (χ2v) is 16.3. The average molecular weight is 820 g/mol. The Morgan fingerprint density at radius 2 is 0.797 bits per heavy atom. The highest BCUT2D eigenvalue weighted by atomic mass is 16.3. The summed E-state index contributed by atoms with van der Waals surface area (Å²) in [7, 11) is 0. The van der Waals surface area contributed by atoms with Gasteiger partial charge in [0, 0.05) is 38.4 Å². The highest BCUT2D eigenvalue weighted by Gasteiger charge is 2.27. The van der Waals surface area contributed by atoms with Gasteiger partial charge < -0.3 is 18.2 Å². The zero-order chi connectivity index (χ0) is 42.1. The first kappa shape index (κ1) is 36.1. The quantitative estimate of drug-likeness (QED) is 0.161. The van der Waals surface area contributed by atoms with Crippen molar-refractivity contribution in [3.8, 4) is 44.5 Å². The van der Waals surface area contributed by atoms with Crippen molar-refractivity contribution in [3.63, 3.8) is 0 Å². The maximum absolute atomic E-state index is 7.08. The van der Waals surface area contributed by atoms with Crippen molar-refractivity contribution in [2.24, 2.45) is 0 Å². The van der Waals surface area contributed by atoms with Crippen LogP contribution in [0.3, 0.4) is 0 Å². The molecule has 0 aliphatic rings. The fourth-order valence-electron chi connectivity index (χ4n) is 9.76. The average Bonchev–Trinajstić information content (AvgIpc) is 4.07. The van der Waals surface area contributed by atoms with Crippen molar-refractivity contribution < 1.29 is 13.3 Å². The van der Waals surface area contributed by atoms with Crippen molar-refractivity contribution in [1.82, 2.24) is 0 Å². The van der Waals surface area contributed by atoms with Gasteiger partial charge in [-0.2, -0.15) is 0 Å². The Labute approximate surface area is 368 Å². The van der Waals surface area contributed by atoms with Gasteiger partial charge in [-0.3, -0.25) is 0 Å². The van der Waals surface area contributed by atoms with Crippen LogP contribution in [0.15, 0.2) is 238 Å². The molecule has 64 heavy (non-hydrogen) atoms. The Hall–Kier alpha value is -8.60. The van der Waals surface area contributed by atoms with Gasteiger partial charge in [-0.25, -0.2) is 0 Å². The van der Waals surface area contributed by atoms with Crippen molar-refractivity contribution in [1.29, 1.82) is 0 Å². The summed E-state index contributed by atoms with van der Waals surface area (Å²) in [6.45, 7) is 0. The molecule has 0 N–H and O–H groups in total. The molecule has 3 aromatic heterocycles. The van der Waals surface area contributed by atoms with Gasteiger partial charge in [0.25, 0.3) is 0 Å². The number of furan rings is 3. The second kappa shape index (κ2) is 14.5. The lowest BCUT2D eigenvalue weighted by molar-refractivity contribution is 0.669. The van der Waals surface area contributed by atoms with Gasteiger partial charge in [-0.05, 0) is 100 Å². The number of rotatable bonds is 7. The van der Waals surface area contributed by atoms with Crippen LogP contribution in [0, 0.1) is 0 Å². The van der Waals surface area contributed by atoms with E-state index in [2.05, 4.69) is 211 Å². The molecule has 0 saturated carbocycles. The molecule has 0 bridgehead atoms. The van der Waals surface area contributed by atoms with Crippen molar-refractivity contribution in [2.75, 3.05) is 4.90 Å². The number of hydrogen-bond acceptors (Lipinski definition) is 4. The van der Waals surface area contributed by atoms with Crippen LogP contribution < -0.4 is 4.90 Å². The van der Waals surface area contributed by atoms with Crippen LogP contribution in [-0.4, -0.2) is 0 Å². The summed E-state index contributed by atoms with van der Waals surface area (Å²) in [5.41, 5.74) is 16.7. The molecule has 10 aromatic carbocycles. The molecular weight excluding hydrogens is 783 g/mol. The monoisotopic (exact) mass is 819 g/mol. The predicted octanol–water partition coefficient (Wildman–Crippen LogP) is 17.5. The first-order chi connectivity index (χ1) is 31.7. The normalized spacial score (nSPS) is 11.8. The standard InChI is InChI=1S/C60H37NO3/c1-5-16-38(17-6-1)42-28-30-48-55(36-42)64-60-46(41-22-11-4-12-23-41)33-34-51(58(48)60)61(50-25-15-27-54-57(50)47-24-13-14-26-52(47)62-54)43-29-35-53-49(37-43)56-44(39-18-7-2-8-19-39)31-32-45(59(56)63-53)40-20-9-3-10-21-40/h1-37H. The number of benzene rings is 10. The minimum absolute atomic E-state index is 0.818. The summed E-state index contributed by atoms with van der Waals surface area (Å²) in [5, 5.41) is 6.24. The van der Waals surface area contributed by atoms with E-state index in [-0.39, 0.29) is 0 Å². The van der Waals surface area contributed by atoms with E-state index >= 15 is 0 Å². The number of hydrogen-bond donors (Lipinski definition) is 0. The van der Waals surface area contributed by atoms with Gasteiger partial charge in [0.05, 0.1) is 22.1 Å². The van der Waals surface area contributed by atoms with Crippen molar-refractivity contribution in [2.45, 2.75) is 0 Å². The number of anilines is 3. The third-order valence-electron chi connectivity index (χ3n) is 12.7. The molecule has 0 saturated heterocycles. The van der Waals surface area contributed by atoms with E-state index in [1.165, 1.54) is 0 Å². The summed E-state index contributed by atoms with van der Waals surface area (Å²) >= 11 is 0. The molecule has 0 unspecified atom stereocenters. The van der Waals surface area contributed by atoms with Crippen LogP contribution in [0.5, 0.6) is 0 Å². The SMILES string of the molecule is c1ccc(-c2ccc3c(c2)oc2c(-c4ccccc4)ccc(N(c4ccc5oc6c(-c7ccccc7)ccc(-c7ccccc7)c6c5c4)c4cccc5oc6ccccc6c45)c23)cc1. The third kappa shape index (κ3) is 5.70. The molecule has 13 rings (SSSR count). The van der Waals surface area contributed by atoms with E-state index < -0.39 is 0 Å². The topological polar surface area (TPSA) is 42.7 Å². The van der Waals surface area contributed by atoms with Crippen LogP contribution in [0.1, 0.15) is 0 Å². The lowest BCUT2D eigenvalue weighted by Crippen LogP contribution is -2.11. The molecule has 0 aliphatic carbocycles. The fraction of sp³-hybridized carbons (Fsp3) is 0. The molecule has 3 heterocycles. The van der Waals surface area contributed by atoms with Gasteiger partial charge >= 0.3 is 0 Å². The molecular formula is C60H37NO3. The van der Waals surface area contributed by atoms with Crippen LogP contribution in [0.4, 0.5) is 17.1 Å². The van der Waals surface area contributed by atoms with E-state index in [4.69, 9.17) is 13.3 Å². The van der Waals surface area contributed by atoms with E-state index in [1.54, 1.807) is 0 Å². The van der Waals surface area contributed by atoms with Crippen LogP contribution >= 0.6 is 0 Å². The molecule has 0 atom stereocenters. The van der Waals surface area contributed by atoms with Gasteiger partial charge in [-0.15, -0.1) is 0 Å². The Morgan fingerprint density at radius 1 is 0.266 bits per heavy atom. The summed E-state index contributed by atoms with van der Waals surface area (Å²) in [4.78, 5) is 2.39. The van der Waals surface area contributed by atoms with Gasteiger partial charge in [0.2, 0.25) is 0 Å². The maximum Gasteiger partial charge on any atom is 0.145 e. The van der Waals surface area contributed by atoms with Crippen molar-refractivity contribution >= 4 is 82.9 Å². The Bertz CT molecular complexity index is 3880.